The molecule has 0 heterocycles. The van der Waals surface area contributed by atoms with Gasteiger partial charge in [-0.2, -0.15) is 10.2 Å². The van der Waals surface area contributed by atoms with Crippen molar-refractivity contribution in [3.63, 3.8) is 0 Å². The maximum absolute atomic E-state index is 12.9. The third kappa shape index (κ3) is 15.8. The number of carbonyl (C=O) groups is 2. The molecule has 0 unspecified atom stereocenters. The quantitative estimate of drug-likeness (QED) is 0.0127. The Bertz CT molecular complexity index is 2290. The molecule has 352 valence electrons. The van der Waals surface area contributed by atoms with Crippen LogP contribution in [0.15, 0.2) is 101 Å². The molecular formula is C56H73N5O5. The first-order valence-corrected chi connectivity index (χ1v) is 24.2. The Morgan fingerprint density at radius 2 is 1.08 bits per heavy atom. The van der Waals surface area contributed by atoms with Gasteiger partial charge in [0.05, 0.1) is 18.0 Å². The summed E-state index contributed by atoms with van der Waals surface area (Å²) in [4.78, 5) is 27.4. The molecule has 0 fully saturated rings. The smallest absolute Gasteiger partial charge is 0.311 e. The molecule has 0 aliphatic rings. The van der Waals surface area contributed by atoms with Crippen molar-refractivity contribution >= 4 is 40.2 Å². The second-order valence-electron chi connectivity index (χ2n) is 17.1. The molecule has 66 heavy (non-hydrogen) atoms. The molecule has 0 radical (unpaired) electrons. The molecule has 0 aliphatic carbocycles. The van der Waals surface area contributed by atoms with Crippen molar-refractivity contribution in [1.82, 2.24) is 0 Å². The van der Waals surface area contributed by atoms with Crippen molar-refractivity contribution in [3.05, 3.63) is 130 Å². The van der Waals surface area contributed by atoms with E-state index >= 15 is 0 Å². The van der Waals surface area contributed by atoms with Gasteiger partial charge < -0.3 is 29.7 Å². The zero-order valence-corrected chi connectivity index (χ0v) is 40.9. The Hall–Kier alpha value is -6.16. The first-order valence-electron chi connectivity index (χ1n) is 24.2. The van der Waals surface area contributed by atoms with Crippen LogP contribution in [0.3, 0.4) is 0 Å². The zero-order chi connectivity index (χ0) is 47.3. The van der Waals surface area contributed by atoms with Crippen LogP contribution in [0.5, 0.6) is 17.2 Å². The van der Waals surface area contributed by atoms with Gasteiger partial charge in [0.15, 0.2) is 12.5 Å². The zero-order valence-electron chi connectivity index (χ0n) is 40.9. The van der Waals surface area contributed by atoms with E-state index in [-0.39, 0.29) is 18.5 Å². The number of hydrogen-bond donors (Lipinski definition) is 2. The molecule has 10 heteroatoms. The van der Waals surface area contributed by atoms with Crippen molar-refractivity contribution < 1.29 is 23.8 Å². The van der Waals surface area contributed by atoms with E-state index in [1.807, 2.05) is 69.7 Å². The van der Waals surface area contributed by atoms with Gasteiger partial charge in [0.1, 0.15) is 17.2 Å². The Balaban J connectivity index is 0.990. The number of benzene rings is 5. The van der Waals surface area contributed by atoms with Crippen molar-refractivity contribution in [1.29, 1.82) is 0 Å². The lowest BCUT2D eigenvalue weighted by atomic mass is 9.92. The lowest BCUT2D eigenvalue weighted by molar-refractivity contribution is -0.134. The Labute approximate surface area is 394 Å². The summed E-state index contributed by atoms with van der Waals surface area (Å²) < 4.78 is 17.8. The molecule has 0 amide bonds. The number of unbranched alkanes of at least 4 members (excludes halogenated alkanes) is 7. The van der Waals surface area contributed by atoms with Crippen LogP contribution >= 0.6 is 0 Å². The number of hydrogen-bond acceptors (Lipinski definition) is 10. The predicted octanol–water partition coefficient (Wildman–Crippen LogP) is 14.2. The van der Waals surface area contributed by atoms with Crippen LogP contribution in [0.2, 0.25) is 0 Å². The molecule has 0 spiro atoms. The summed E-state index contributed by atoms with van der Waals surface area (Å²) in [6.45, 7) is 11.2. The van der Waals surface area contributed by atoms with E-state index in [2.05, 4.69) is 77.7 Å². The highest BCUT2D eigenvalue weighted by Crippen LogP contribution is 2.31. The maximum Gasteiger partial charge on any atom is 0.311 e. The van der Waals surface area contributed by atoms with E-state index < -0.39 is 0 Å². The number of carbonyl (C=O) groups excluding carboxylic acids is 2. The van der Waals surface area contributed by atoms with Crippen LogP contribution in [0.25, 0.3) is 0 Å². The predicted molar refractivity (Wildman–Crippen MR) is 272 cm³/mol. The highest BCUT2D eigenvalue weighted by molar-refractivity contribution is 5.95. The lowest BCUT2D eigenvalue weighted by Gasteiger charge is -2.19. The van der Waals surface area contributed by atoms with Gasteiger partial charge in [-0.15, -0.1) is 0 Å². The van der Waals surface area contributed by atoms with E-state index in [1.54, 1.807) is 18.2 Å². The summed E-state index contributed by atoms with van der Waals surface area (Å²) in [5.74, 6) is 1.20. The molecule has 0 atom stereocenters. The lowest BCUT2D eigenvalue weighted by Crippen LogP contribution is -2.13. The summed E-state index contributed by atoms with van der Waals surface area (Å²) in [7, 11) is 6.03. The molecule has 2 N–H and O–H groups in total. The monoisotopic (exact) mass is 896 g/mol. The largest absolute Gasteiger partial charge is 0.494 e. The number of anilines is 3. The van der Waals surface area contributed by atoms with Crippen LogP contribution in [0.1, 0.15) is 136 Å². The number of ether oxygens (including phenoxy) is 3. The fourth-order valence-electron chi connectivity index (χ4n) is 8.24. The second-order valence-corrected chi connectivity index (χ2v) is 17.1. The fourth-order valence-corrected chi connectivity index (χ4v) is 8.24. The minimum atomic E-state index is -0.306. The summed E-state index contributed by atoms with van der Waals surface area (Å²) in [6, 6.07) is 30.0. The van der Waals surface area contributed by atoms with E-state index in [9.17, 15) is 9.59 Å². The molecule has 5 aromatic rings. The van der Waals surface area contributed by atoms with Crippen LogP contribution in [0.4, 0.5) is 28.4 Å². The van der Waals surface area contributed by atoms with E-state index in [0.29, 0.717) is 30.1 Å². The van der Waals surface area contributed by atoms with Crippen LogP contribution < -0.4 is 29.7 Å². The second kappa shape index (κ2) is 26.7. The van der Waals surface area contributed by atoms with Crippen LogP contribution in [-0.4, -0.2) is 46.2 Å². The molecule has 0 saturated heterocycles. The van der Waals surface area contributed by atoms with Gasteiger partial charge in [-0.3, -0.25) is 9.59 Å². The maximum atomic E-state index is 12.9. The molecule has 0 saturated carbocycles. The Morgan fingerprint density at radius 1 is 0.576 bits per heavy atom. The topological polar surface area (TPSA) is 114 Å². The van der Waals surface area contributed by atoms with Gasteiger partial charge in [-0.1, -0.05) is 90.5 Å². The third-order valence-electron chi connectivity index (χ3n) is 11.9. The summed E-state index contributed by atoms with van der Waals surface area (Å²) >= 11 is 0. The van der Waals surface area contributed by atoms with E-state index in [4.69, 9.17) is 14.2 Å². The average Bonchev–Trinajstić information content (AvgIpc) is 3.32. The Morgan fingerprint density at radius 3 is 1.59 bits per heavy atom. The van der Waals surface area contributed by atoms with E-state index in [1.165, 1.54) is 46.0 Å². The minimum absolute atomic E-state index is 0.124. The highest BCUT2D eigenvalue weighted by atomic mass is 16.5. The van der Waals surface area contributed by atoms with E-state index in [0.717, 1.165) is 112 Å². The van der Waals surface area contributed by atoms with Gasteiger partial charge in [0.25, 0.3) is 0 Å². The number of ketones is 1. The number of nitrogens with one attached hydrogen (secondary N) is 2. The normalized spacial score (nSPS) is 11.2. The number of rotatable bonds is 28. The Kier molecular flexibility index (Phi) is 20.6. The molecule has 5 rings (SSSR count). The third-order valence-corrected chi connectivity index (χ3v) is 11.9. The first kappa shape index (κ1) is 50.8. The van der Waals surface area contributed by atoms with Gasteiger partial charge >= 0.3 is 5.97 Å². The standard InChI is InChI=1S/C56H73N5O5/c1-9-43-32-41(33-44(10-2)55(43)57-6)31-42-34-45(11-3)56(46(12-4)35-42)58-39-65-52-36-47(40(5)62)37-53(38-52)66-54(63)21-19-17-15-13-14-16-18-20-30-64-51-28-24-49(25-29-51)60-59-48-22-26-50(27-23-48)61(7)8/h22-29,32-38,57-58H,9-21,30-31,39H2,1-8H3. The average molecular weight is 896 g/mol. The number of Topliss-reactive ketones (excluding diaryl/α,β-unsaturated/α-hetero) is 1. The summed E-state index contributed by atoms with van der Waals surface area (Å²) in [5, 5.41) is 15.6. The fraction of sp³-hybridized carbons (Fsp3) is 0.429. The summed E-state index contributed by atoms with van der Waals surface area (Å²) in [5.41, 5.74) is 13.3. The van der Waals surface area contributed by atoms with Gasteiger partial charge in [0.2, 0.25) is 0 Å². The summed E-state index contributed by atoms with van der Waals surface area (Å²) in [6.07, 6.45) is 13.3. The molecule has 5 aromatic carbocycles. The van der Waals surface area contributed by atoms with Crippen molar-refractivity contribution in [2.24, 2.45) is 10.2 Å². The van der Waals surface area contributed by atoms with Crippen molar-refractivity contribution in [2.75, 3.05) is 50.0 Å². The molecule has 0 bridgehead atoms. The van der Waals surface area contributed by atoms with Gasteiger partial charge in [0, 0.05) is 56.3 Å². The SMILES string of the molecule is CCc1cc(Cc2cc(CC)c(NCOc3cc(OC(=O)CCCCCCCCCCOc4ccc(N=Nc5ccc(N(C)C)cc5)cc4)cc(C(C)=O)c3)c(CC)c2)cc(CC)c1NC. The van der Waals surface area contributed by atoms with Crippen molar-refractivity contribution in [3.8, 4) is 17.2 Å². The molecule has 10 nitrogen and oxygen atoms in total. The molecule has 0 aliphatic heterocycles. The number of aryl methyl sites for hydroxylation is 4. The first-order chi connectivity index (χ1) is 32.0. The highest BCUT2D eigenvalue weighted by Gasteiger charge is 2.15. The molecular weight excluding hydrogens is 823 g/mol. The minimum Gasteiger partial charge on any atom is -0.494 e. The van der Waals surface area contributed by atoms with Crippen molar-refractivity contribution in [2.45, 2.75) is 125 Å². The van der Waals surface area contributed by atoms with Crippen LogP contribution in [-0.2, 0) is 36.9 Å². The number of azo groups is 1. The van der Waals surface area contributed by atoms with Gasteiger partial charge in [-0.25, -0.2) is 0 Å². The van der Waals surface area contributed by atoms with Crippen LogP contribution in [0, 0.1) is 0 Å². The molecule has 0 aromatic heterocycles. The number of esters is 1. The van der Waals surface area contributed by atoms with Gasteiger partial charge in [-0.05, 0) is 146 Å². The number of nitrogens with zero attached hydrogens (tertiary/aromatic N) is 3.